The lowest BCUT2D eigenvalue weighted by Crippen LogP contribution is -2.49. The van der Waals surface area contributed by atoms with Crippen LogP contribution in [0.1, 0.15) is 17.9 Å². The maximum atomic E-state index is 12.5. The second kappa shape index (κ2) is 8.20. The first-order valence-corrected chi connectivity index (χ1v) is 9.67. The molecule has 2 amide bonds. The minimum absolute atomic E-state index is 0.158. The van der Waals surface area contributed by atoms with Crippen molar-refractivity contribution in [1.29, 1.82) is 0 Å². The molecule has 136 valence electrons. The molecule has 8 heteroatoms. The summed E-state index contributed by atoms with van der Waals surface area (Å²) < 4.78 is 5.60. The fraction of sp³-hybridized carbons (Fsp3) is 0.222. The Kier molecular flexibility index (Phi) is 5.96. The SMILES string of the molecule is CC(Oc1ccc(Cl)cc1Cl)C(=O)NN1C(=O)CSC1c1ccccc1. The molecule has 0 radical (unpaired) electrons. The van der Waals surface area contributed by atoms with Gasteiger partial charge in [-0.2, -0.15) is 0 Å². The quantitative estimate of drug-likeness (QED) is 0.806. The Balaban J connectivity index is 1.68. The molecule has 0 aliphatic carbocycles. The van der Waals surface area contributed by atoms with Gasteiger partial charge >= 0.3 is 0 Å². The van der Waals surface area contributed by atoms with Crippen LogP contribution < -0.4 is 10.2 Å². The maximum absolute atomic E-state index is 12.5. The summed E-state index contributed by atoms with van der Waals surface area (Å²) in [4.78, 5) is 24.7. The number of hydrogen-bond acceptors (Lipinski definition) is 4. The van der Waals surface area contributed by atoms with Gasteiger partial charge in [-0.15, -0.1) is 11.8 Å². The summed E-state index contributed by atoms with van der Waals surface area (Å²) in [6.07, 6.45) is -0.844. The van der Waals surface area contributed by atoms with Crippen LogP contribution in [0.2, 0.25) is 10.0 Å². The largest absolute Gasteiger partial charge is 0.479 e. The van der Waals surface area contributed by atoms with Crippen LogP contribution in [-0.2, 0) is 9.59 Å². The predicted molar refractivity (Wildman–Crippen MR) is 103 cm³/mol. The minimum atomic E-state index is -0.844. The number of rotatable bonds is 5. The molecule has 1 saturated heterocycles. The maximum Gasteiger partial charge on any atom is 0.279 e. The molecule has 1 heterocycles. The smallest absolute Gasteiger partial charge is 0.279 e. The van der Waals surface area contributed by atoms with E-state index in [1.807, 2.05) is 30.3 Å². The number of thioether (sulfide) groups is 1. The average Bonchev–Trinajstić information content (AvgIpc) is 2.98. The lowest BCUT2D eigenvalue weighted by molar-refractivity contribution is -0.142. The highest BCUT2D eigenvalue weighted by Crippen LogP contribution is 2.37. The fourth-order valence-electron chi connectivity index (χ4n) is 2.43. The summed E-state index contributed by atoms with van der Waals surface area (Å²) in [5, 5.41) is 1.88. The molecule has 1 fully saturated rings. The minimum Gasteiger partial charge on any atom is -0.479 e. The van der Waals surface area contributed by atoms with Crippen molar-refractivity contribution in [2.24, 2.45) is 0 Å². The monoisotopic (exact) mass is 410 g/mol. The van der Waals surface area contributed by atoms with E-state index in [2.05, 4.69) is 5.43 Å². The van der Waals surface area contributed by atoms with Crippen molar-refractivity contribution in [3.63, 3.8) is 0 Å². The molecule has 0 saturated carbocycles. The van der Waals surface area contributed by atoms with E-state index < -0.39 is 12.0 Å². The number of benzene rings is 2. The van der Waals surface area contributed by atoms with Crippen molar-refractivity contribution < 1.29 is 14.3 Å². The van der Waals surface area contributed by atoms with E-state index in [0.29, 0.717) is 21.5 Å². The van der Waals surface area contributed by atoms with Crippen LogP contribution >= 0.6 is 35.0 Å². The van der Waals surface area contributed by atoms with Gasteiger partial charge in [-0.3, -0.25) is 15.0 Å². The third kappa shape index (κ3) is 4.26. The number of halogens is 2. The van der Waals surface area contributed by atoms with Crippen LogP contribution in [-0.4, -0.2) is 28.7 Å². The molecule has 1 N–H and O–H groups in total. The zero-order chi connectivity index (χ0) is 18.7. The number of ether oxygens (including phenoxy) is 1. The van der Waals surface area contributed by atoms with Crippen LogP contribution in [0.25, 0.3) is 0 Å². The summed E-state index contributed by atoms with van der Waals surface area (Å²) in [7, 11) is 0. The Hall–Kier alpha value is -1.89. The van der Waals surface area contributed by atoms with E-state index >= 15 is 0 Å². The molecule has 5 nitrogen and oxygen atoms in total. The van der Waals surface area contributed by atoms with Crippen LogP contribution in [0.3, 0.4) is 0 Å². The number of carbonyl (C=O) groups is 2. The van der Waals surface area contributed by atoms with Crippen molar-refractivity contribution in [2.75, 3.05) is 5.75 Å². The van der Waals surface area contributed by atoms with E-state index in [1.165, 1.54) is 22.8 Å². The number of hydrogen-bond donors (Lipinski definition) is 1. The van der Waals surface area contributed by atoms with Gasteiger partial charge in [0.2, 0.25) is 0 Å². The second-order valence-corrected chi connectivity index (χ2v) is 7.56. The fourth-order valence-corrected chi connectivity index (χ4v) is 3.99. The molecule has 0 aromatic heterocycles. The van der Waals surface area contributed by atoms with Gasteiger partial charge in [0.05, 0.1) is 10.8 Å². The highest BCUT2D eigenvalue weighted by atomic mass is 35.5. The highest BCUT2D eigenvalue weighted by molar-refractivity contribution is 8.00. The number of amides is 2. The average molecular weight is 411 g/mol. The normalized spacial score (nSPS) is 17.9. The van der Waals surface area contributed by atoms with Gasteiger partial charge in [-0.25, -0.2) is 5.01 Å². The van der Waals surface area contributed by atoms with E-state index in [4.69, 9.17) is 27.9 Å². The molecule has 0 bridgehead atoms. The van der Waals surface area contributed by atoms with Crippen molar-refractivity contribution >= 4 is 46.8 Å². The molecule has 2 unspecified atom stereocenters. The first-order chi connectivity index (χ1) is 12.5. The van der Waals surface area contributed by atoms with Crippen molar-refractivity contribution in [3.05, 3.63) is 64.1 Å². The van der Waals surface area contributed by atoms with Crippen LogP contribution in [0.4, 0.5) is 0 Å². The Labute approximate surface area is 165 Å². The van der Waals surface area contributed by atoms with Gasteiger partial charge in [0.25, 0.3) is 11.8 Å². The molecule has 2 aromatic carbocycles. The molecule has 2 aromatic rings. The zero-order valence-electron chi connectivity index (χ0n) is 13.8. The molecular weight excluding hydrogens is 395 g/mol. The van der Waals surface area contributed by atoms with Gasteiger partial charge in [0.15, 0.2) is 6.10 Å². The van der Waals surface area contributed by atoms with Gasteiger partial charge in [0.1, 0.15) is 11.1 Å². The Morgan fingerprint density at radius 3 is 2.69 bits per heavy atom. The summed E-state index contributed by atoms with van der Waals surface area (Å²) in [5.74, 6) is 0.0557. The van der Waals surface area contributed by atoms with Gasteiger partial charge in [0, 0.05) is 5.02 Å². The Morgan fingerprint density at radius 1 is 1.27 bits per heavy atom. The molecule has 1 aliphatic rings. The summed E-state index contributed by atoms with van der Waals surface area (Å²) in [5.41, 5.74) is 3.60. The van der Waals surface area contributed by atoms with Crippen LogP contribution in [0, 0.1) is 0 Å². The summed E-state index contributed by atoms with van der Waals surface area (Å²) in [6.45, 7) is 1.59. The van der Waals surface area contributed by atoms with E-state index in [9.17, 15) is 9.59 Å². The Morgan fingerprint density at radius 2 is 2.00 bits per heavy atom. The van der Waals surface area contributed by atoms with Gasteiger partial charge < -0.3 is 4.74 Å². The number of nitrogens with one attached hydrogen (secondary N) is 1. The van der Waals surface area contributed by atoms with Gasteiger partial charge in [-0.05, 0) is 30.7 Å². The lowest BCUT2D eigenvalue weighted by atomic mass is 10.2. The van der Waals surface area contributed by atoms with Crippen molar-refractivity contribution in [3.8, 4) is 5.75 Å². The second-order valence-electron chi connectivity index (χ2n) is 5.65. The first-order valence-electron chi connectivity index (χ1n) is 7.86. The molecule has 3 rings (SSSR count). The topological polar surface area (TPSA) is 58.6 Å². The molecule has 0 spiro atoms. The standard InChI is InChI=1S/C18H16Cl2N2O3S/c1-11(25-15-8-7-13(19)9-14(15)20)17(24)21-22-16(23)10-26-18(22)12-5-3-2-4-6-12/h2-9,11,18H,10H2,1H3,(H,21,24). The molecular formula is C18H16Cl2N2O3S. The van der Waals surface area contributed by atoms with Gasteiger partial charge in [-0.1, -0.05) is 53.5 Å². The molecule has 2 atom stereocenters. The van der Waals surface area contributed by atoms with Crippen molar-refractivity contribution in [2.45, 2.75) is 18.4 Å². The first kappa shape index (κ1) is 18.9. The third-order valence-electron chi connectivity index (χ3n) is 3.75. The molecule has 26 heavy (non-hydrogen) atoms. The zero-order valence-corrected chi connectivity index (χ0v) is 16.1. The lowest BCUT2D eigenvalue weighted by Gasteiger charge is -2.26. The van der Waals surface area contributed by atoms with E-state index in [0.717, 1.165) is 5.56 Å². The molecule has 1 aliphatic heterocycles. The van der Waals surface area contributed by atoms with Crippen LogP contribution in [0.5, 0.6) is 5.75 Å². The Bertz CT molecular complexity index is 819. The number of carbonyl (C=O) groups excluding carboxylic acids is 2. The summed E-state index contributed by atoms with van der Waals surface area (Å²) in [6, 6.07) is 14.3. The van der Waals surface area contributed by atoms with E-state index in [-0.39, 0.29) is 11.3 Å². The van der Waals surface area contributed by atoms with E-state index in [1.54, 1.807) is 19.1 Å². The number of hydrazine groups is 1. The number of nitrogens with zero attached hydrogens (tertiary/aromatic N) is 1. The third-order valence-corrected chi connectivity index (χ3v) is 5.49. The highest BCUT2D eigenvalue weighted by Gasteiger charge is 2.35. The summed E-state index contributed by atoms with van der Waals surface area (Å²) >= 11 is 13.4. The van der Waals surface area contributed by atoms with Crippen LogP contribution in [0.15, 0.2) is 48.5 Å². The predicted octanol–water partition coefficient (Wildman–Crippen LogP) is 4.07. The van der Waals surface area contributed by atoms with Crippen molar-refractivity contribution in [1.82, 2.24) is 10.4 Å².